The number of benzene rings is 1. The molecular formula is C18H20F2N2O4. The number of nitrogens with zero attached hydrogens (tertiary/aromatic N) is 2. The van der Waals surface area contributed by atoms with Gasteiger partial charge in [0.2, 0.25) is 11.6 Å². The van der Waals surface area contributed by atoms with Crippen molar-refractivity contribution < 1.29 is 28.3 Å². The summed E-state index contributed by atoms with van der Waals surface area (Å²) in [6, 6.07) is 5.20. The van der Waals surface area contributed by atoms with Crippen LogP contribution in [0, 0.1) is 11.7 Å². The zero-order valence-corrected chi connectivity index (χ0v) is 14.2. The van der Waals surface area contributed by atoms with Gasteiger partial charge >= 0.3 is 5.97 Å². The standard InChI is InChI=1S/C18H20F2N2O4/c19-14-5-3-12(4-6-14)15(23)21-8-1-2-13(10-21)16(24)22-9-7-18(20,11-22)17(25)26/h3-6,13H,1-2,7-11H2,(H,25,26). The Morgan fingerprint density at radius 1 is 1.12 bits per heavy atom. The largest absolute Gasteiger partial charge is 0.479 e. The maximum absolute atomic E-state index is 14.2. The van der Waals surface area contributed by atoms with Crippen molar-refractivity contribution in [1.29, 1.82) is 0 Å². The van der Waals surface area contributed by atoms with E-state index in [-0.39, 0.29) is 31.3 Å². The predicted octanol–water partition coefficient (Wildman–Crippen LogP) is 1.70. The van der Waals surface area contributed by atoms with E-state index in [1.807, 2.05) is 0 Å². The molecule has 0 bridgehead atoms. The summed E-state index contributed by atoms with van der Waals surface area (Å²) >= 11 is 0. The second-order valence-electron chi connectivity index (χ2n) is 6.88. The molecule has 0 aliphatic carbocycles. The highest BCUT2D eigenvalue weighted by atomic mass is 19.1. The number of piperidine rings is 1. The third-order valence-corrected chi connectivity index (χ3v) is 5.06. The third-order valence-electron chi connectivity index (χ3n) is 5.06. The fourth-order valence-corrected chi connectivity index (χ4v) is 3.53. The highest BCUT2D eigenvalue weighted by Gasteiger charge is 2.48. The van der Waals surface area contributed by atoms with Gasteiger partial charge in [0, 0.05) is 31.6 Å². The maximum Gasteiger partial charge on any atom is 0.343 e. The van der Waals surface area contributed by atoms with Crippen LogP contribution in [0.1, 0.15) is 29.6 Å². The van der Waals surface area contributed by atoms with Gasteiger partial charge in [0.25, 0.3) is 5.91 Å². The average molecular weight is 366 g/mol. The van der Waals surface area contributed by atoms with Crippen LogP contribution in [0.5, 0.6) is 0 Å². The Hall–Kier alpha value is -2.51. The number of carboxylic acid groups (broad SMARTS) is 1. The molecule has 2 aliphatic rings. The van der Waals surface area contributed by atoms with Crippen molar-refractivity contribution in [3.63, 3.8) is 0 Å². The molecule has 3 rings (SSSR count). The fraction of sp³-hybridized carbons (Fsp3) is 0.500. The van der Waals surface area contributed by atoms with Crippen LogP contribution in [0.4, 0.5) is 8.78 Å². The fourth-order valence-electron chi connectivity index (χ4n) is 3.53. The highest BCUT2D eigenvalue weighted by molar-refractivity contribution is 5.94. The van der Waals surface area contributed by atoms with E-state index in [1.54, 1.807) is 0 Å². The van der Waals surface area contributed by atoms with E-state index >= 15 is 0 Å². The minimum atomic E-state index is -2.39. The molecule has 2 atom stereocenters. The van der Waals surface area contributed by atoms with Crippen LogP contribution < -0.4 is 0 Å². The Morgan fingerprint density at radius 2 is 1.81 bits per heavy atom. The van der Waals surface area contributed by atoms with Crippen molar-refractivity contribution in [1.82, 2.24) is 9.80 Å². The molecule has 1 N–H and O–H groups in total. The highest BCUT2D eigenvalue weighted by Crippen LogP contribution is 2.29. The Morgan fingerprint density at radius 3 is 2.42 bits per heavy atom. The molecule has 0 spiro atoms. The molecule has 8 heteroatoms. The molecule has 26 heavy (non-hydrogen) atoms. The minimum absolute atomic E-state index is 0.0596. The summed E-state index contributed by atoms with van der Waals surface area (Å²) in [6.45, 7) is 0.285. The van der Waals surface area contributed by atoms with Crippen LogP contribution in [0.2, 0.25) is 0 Å². The molecule has 0 aromatic heterocycles. The number of alkyl halides is 1. The molecule has 2 unspecified atom stereocenters. The van der Waals surface area contributed by atoms with Gasteiger partial charge < -0.3 is 14.9 Å². The van der Waals surface area contributed by atoms with Crippen molar-refractivity contribution >= 4 is 17.8 Å². The van der Waals surface area contributed by atoms with Crippen molar-refractivity contribution in [3.8, 4) is 0 Å². The topological polar surface area (TPSA) is 77.9 Å². The summed E-state index contributed by atoms with van der Waals surface area (Å²) in [5.41, 5.74) is -2.05. The number of amides is 2. The smallest absolute Gasteiger partial charge is 0.343 e. The van der Waals surface area contributed by atoms with Crippen molar-refractivity contribution in [2.24, 2.45) is 5.92 Å². The zero-order valence-electron chi connectivity index (χ0n) is 14.2. The van der Waals surface area contributed by atoms with Gasteiger partial charge in [-0.3, -0.25) is 9.59 Å². The van der Waals surface area contributed by atoms with E-state index in [9.17, 15) is 23.2 Å². The lowest BCUT2D eigenvalue weighted by atomic mass is 9.96. The van der Waals surface area contributed by atoms with Crippen molar-refractivity contribution in [2.45, 2.75) is 24.9 Å². The normalized spacial score (nSPS) is 26.0. The van der Waals surface area contributed by atoms with Gasteiger partial charge in [0.05, 0.1) is 12.5 Å². The Bertz CT molecular complexity index is 724. The first-order valence-electron chi connectivity index (χ1n) is 8.56. The maximum atomic E-state index is 14.2. The van der Waals surface area contributed by atoms with Gasteiger partial charge in [-0.05, 0) is 37.1 Å². The summed E-state index contributed by atoms with van der Waals surface area (Å²) in [5, 5.41) is 8.95. The lowest BCUT2D eigenvalue weighted by Crippen LogP contribution is -2.47. The lowest BCUT2D eigenvalue weighted by molar-refractivity contribution is -0.150. The Kier molecular flexibility index (Phi) is 4.93. The first-order chi connectivity index (χ1) is 12.3. The van der Waals surface area contributed by atoms with Gasteiger partial charge in [0.15, 0.2) is 0 Å². The van der Waals surface area contributed by atoms with Crippen molar-refractivity contribution in [3.05, 3.63) is 35.6 Å². The Labute approximate surface area is 149 Å². The number of carbonyl (C=O) groups is 3. The SMILES string of the molecule is O=C(c1ccc(F)cc1)N1CCCC(C(=O)N2CCC(F)(C(=O)O)C2)C1. The van der Waals surface area contributed by atoms with E-state index in [2.05, 4.69) is 0 Å². The summed E-state index contributed by atoms with van der Waals surface area (Å²) in [6.07, 6.45) is 0.963. The van der Waals surface area contributed by atoms with Crippen LogP contribution in [0.15, 0.2) is 24.3 Å². The number of halogens is 2. The molecule has 140 valence electrons. The van der Waals surface area contributed by atoms with Crippen LogP contribution in [0.3, 0.4) is 0 Å². The van der Waals surface area contributed by atoms with E-state index in [0.717, 1.165) is 0 Å². The quantitative estimate of drug-likeness (QED) is 0.883. The second kappa shape index (κ2) is 7.01. The van der Waals surface area contributed by atoms with Gasteiger partial charge in [0.1, 0.15) is 5.82 Å². The monoisotopic (exact) mass is 366 g/mol. The number of hydrogen-bond donors (Lipinski definition) is 1. The predicted molar refractivity (Wildman–Crippen MR) is 87.7 cm³/mol. The number of carbonyl (C=O) groups excluding carboxylic acids is 2. The summed E-state index contributed by atoms with van der Waals surface area (Å²) < 4.78 is 27.2. The summed E-state index contributed by atoms with van der Waals surface area (Å²) in [4.78, 5) is 38.9. The molecule has 2 aliphatic heterocycles. The van der Waals surface area contributed by atoms with Gasteiger partial charge in [-0.15, -0.1) is 0 Å². The van der Waals surface area contributed by atoms with Gasteiger partial charge in [-0.25, -0.2) is 13.6 Å². The molecular weight excluding hydrogens is 346 g/mol. The first-order valence-corrected chi connectivity index (χ1v) is 8.56. The number of aliphatic carboxylic acids is 1. The molecule has 2 heterocycles. The molecule has 1 aromatic carbocycles. The zero-order chi connectivity index (χ0) is 18.9. The number of carboxylic acids is 1. The van der Waals surface area contributed by atoms with E-state index in [4.69, 9.17) is 5.11 Å². The molecule has 2 amide bonds. The average Bonchev–Trinajstić information content (AvgIpc) is 3.05. The van der Waals surface area contributed by atoms with E-state index in [1.165, 1.54) is 34.1 Å². The van der Waals surface area contributed by atoms with Crippen LogP contribution in [-0.2, 0) is 9.59 Å². The van der Waals surface area contributed by atoms with Crippen LogP contribution in [0.25, 0.3) is 0 Å². The second-order valence-corrected chi connectivity index (χ2v) is 6.88. The van der Waals surface area contributed by atoms with Crippen LogP contribution >= 0.6 is 0 Å². The van der Waals surface area contributed by atoms with Crippen molar-refractivity contribution in [2.75, 3.05) is 26.2 Å². The number of likely N-dealkylation sites (tertiary alicyclic amines) is 2. The summed E-state index contributed by atoms with van der Waals surface area (Å²) in [5.74, 6) is -3.07. The molecule has 1 aromatic rings. The van der Waals surface area contributed by atoms with E-state index < -0.39 is 29.9 Å². The molecule has 2 saturated heterocycles. The number of rotatable bonds is 3. The summed E-state index contributed by atoms with van der Waals surface area (Å²) in [7, 11) is 0. The number of hydrogen-bond acceptors (Lipinski definition) is 3. The van der Waals surface area contributed by atoms with Gasteiger partial charge in [-0.2, -0.15) is 0 Å². The lowest BCUT2D eigenvalue weighted by Gasteiger charge is -2.34. The van der Waals surface area contributed by atoms with Gasteiger partial charge in [-0.1, -0.05) is 0 Å². The Balaban J connectivity index is 1.65. The molecule has 6 nitrogen and oxygen atoms in total. The molecule has 2 fully saturated rings. The molecule has 0 radical (unpaired) electrons. The van der Waals surface area contributed by atoms with E-state index in [0.29, 0.717) is 24.9 Å². The molecule has 0 saturated carbocycles. The third kappa shape index (κ3) is 3.54. The minimum Gasteiger partial charge on any atom is -0.479 e. The van der Waals surface area contributed by atoms with Crippen LogP contribution in [-0.4, -0.2) is 64.5 Å². The first kappa shape index (κ1) is 18.3.